The lowest BCUT2D eigenvalue weighted by molar-refractivity contribution is -0.141. The van der Waals surface area contributed by atoms with Crippen molar-refractivity contribution in [1.29, 1.82) is 0 Å². The molecule has 6 nitrogen and oxygen atoms in total. The van der Waals surface area contributed by atoms with E-state index < -0.39 is 26.8 Å². The van der Waals surface area contributed by atoms with Crippen LogP contribution in [0.4, 0.5) is 13.2 Å². The van der Waals surface area contributed by atoms with E-state index in [2.05, 4.69) is 14.5 Å². The number of alkyl halides is 3. The van der Waals surface area contributed by atoms with Crippen LogP contribution in [0.5, 0.6) is 0 Å². The third-order valence-corrected chi connectivity index (χ3v) is 4.97. The summed E-state index contributed by atoms with van der Waals surface area (Å²) in [5.74, 6) is -0.294. The zero-order chi connectivity index (χ0) is 17.8. The predicted octanol–water partition coefficient (Wildman–Crippen LogP) is 2.91. The Balaban J connectivity index is 3.05. The zero-order valence-electron chi connectivity index (χ0n) is 13.2. The molecule has 0 amide bonds. The summed E-state index contributed by atoms with van der Waals surface area (Å²) in [7, 11) is -2.89. The van der Waals surface area contributed by atoms with Crippen molar-refractivity contribution < 1.29 is 22.2 Å². The largest absolute Gasteiger partial charge is 0.433 e. The number of rotatable bonds is 4. The molecule has 10 heteroatoms. The van der Waals surface area contributed by atoms with Crippen molar-refractivity contribution in [2.75, 3.05) is 6.26 Å². The molecule has 0 aliphatic rings. The van der Waals surface area contributed by atoms with Crippen molar-refractivity contribution in [3.63, 3.8) is 0 Å². The minimum atomic E-state index is -4.52. The highest BCUT2D eigenvalue weighted by Crippen LogP contribution is 2.29. The topological polar surface area (TPSA) is 89.9 Å². The molecule has 1 rings (SSSR count). The van der Waals surface area contributed by atoms with Crippen LogP contribution in [0.3, 0.4) is 0 Å². The lowest BCUT2D eigenvalue weighted by atomic mass is 10.2. The van der Waals surface area contributed by atoms with Crippen molar-refractivity contribution in [2.24, 2.45) is 15.3 Å². The molecule has 1 aromatic rings. The summed E-state index contributed by atoms with van der Waals surface area (Å²) in [6.45, 7) is 5.03. The smallest absolute Gasteiger partial charge is 0.390 e. The van der Waals surface area contributed by atoms with Crippen LogP contribution in [-0.2, 0) is 20.7 Å². The molecule has 1 aromatic heterocycles. The van der Waals surface area contributed by atoms with Gasteiger partial charge in [-0.2, -0.15) is 17.5 Å². The van der Waals surface area contributed by atoms with Crippen LogP contribution in [-0.4, -0.2) is 27.5 Å². The maximum atomic E-state index is 12.6. The van der Waals surface area contributed by atoms with Crippen molar-refractivity contribution in [3.8, 4) is 0 Å². The van der Waals surface area contributed by atoms with Crippen molar-refractivity contribution >= 4 is 15.7 Å². The Bertz CT molecular complexity index is 677. The average molecular weight is 352 g/mol. The van der Waals surface area contributed by atoms with Gasteiger partial charge in [0.1, 0.15) is 11.8 Å². The molecular weight excluding hydrogens is 333 g/mol. The third kappa shape index (κ3) is 5.70. The Hall–Kier alpha value is -1.84. The fourth-order valence-electron chi connectivity index (χ4n) is 1.51. The molecule has 0 saturated heterocycles. The Morgan fingerprint density at radius 1 is 1.35 bits per heavy atom. The van der Waals surface area contributed by atoms with Crippen molar-refractivity contribution in [2.45, 2.75) is 38.3 Å². The van der Waals surface area contributed by atoms with Crippen LogP contribution in [0.15, 0.2) is 27.8 Å². The van der Waals surface area contributed by atoms with Gasteiger partial charge in [0.2, 0.25) is 0 Å². The van der Waals surface area contributed by atoms with Gasteiger partial charge in [-0.25, -0.2) is 4.21 Å². The minimum Gasteiger partial charge on any atom is -0.390 e. The standard InChI is InChI=1S/C13H19F3N4O2S/c1-8(2)22-19-12(17)20-23(4,21)9(3)10-5-6-11(18-7-10)13(14,15)16/h5-9H,1-4H3,(H2,17,19). The van der Waals surface area contributed by atoms with E-state index in [0.29, 0.717) is 5.56 Å². The Morgan fingerprint density at radius 2 is 1.96 bits per heavy atom. The Labute approximate surface area is 133 Å². The number of hydrogen-bond acceptors (Lipinski definition) is 4. The molecule has 23 heavy (non-hydrogen) atoms. The van der Waals surface area contributed by atoms with Gasteiger partial charge in [0.05, 0.1) is 15.0 Å². The van der Waals surface area contributed by atoms with Gasteiger partial charge in [-0.05, 0) is 37.6 Å². The van der Waals surface area contributed by atoms with E-state index in [-0.39, 0.29) is 12.1 Å². The number of aromatic nitrogens is 1. The Kier molecular flexibility index (Phi) is 5.98. The number of hydrogen-bond donors (Lipinski definition) is 1. The lowest BCUT2D eigenvalue weighted by Gasteiger charge is -2.14. The summed E-state index contributed by atoms with van der Waals surface area (Å²) in [5.41, 5.74) is 4.86. The normalized spacial score (nSPS) is 16.8. The van der Waals surface area contributed by atoms with Crippen LogP contribution in [0, 0.1) is 0 Å². The molecule has 0 bridgehead atoms. The quantitative estimate of drug-likeness (QED) is 0.512. The first kappa shape index (κ1) is 19.2. The number of guanidine groups is 1. The number of nitrogens with two attached hydrogens (primary N) is 1. The molecule has 0 spiro atoms. The Morgan fingerprint density at radius 3 is 2.39 bits per heavy atom. The fraction of sp³-hybridized carbons (Fsp3) is 0.538. The summed E-state index contributed by atoms with van der Waals surface area (Å²) in [5, 5.41) is 2.83. The molecule has 0 aliphatic carbocycles. The first-order valence-corrected chi connectivity index (χ1v) is 8.65. The van der Waals surface area contributed by atoms with E-state index in [1.54, 1.807) is 20.8 Å². The van der Waals surface area contributed by atoms with Gasteiger partial charge in [0.15, 0.2) is 0 Å². The zero-order valence-corrected chi connectivity index (χ0v) is 14.0. The van der Waals surface area contributed by atoms with E-state index in [9.17, 15) is 17.4 Å². The van der Waals surface area contributed by atoms with Gasteiger partial charge in [0.25, 0.3) is 5.96 Å². The molecule has 2 N–H and O–H groups in total. The number of pyridine rings is 1. The minimum absolute atomic E-state index is 0.215. The van der Waals surface area contributed by atoms with Gasteiger partial charge in [0, 0.05) is 12.5 Å². The van der Waals surface area contributed by atoms with E-state index in [1.165, 1.54) is 12.3 Å². The highest BCUT2D eigenvalue weighted by molar-refractivity contribution is 7.93. The third-order valence-electron chi connectivity index (χ3n) is 2.83. The van der Waals surface area contributed by atoms with E-state index in [4.69, 9.17) is 10.6 Å². The molecule has 0 fully saturated rings. The second-order valence-corrected chi connectivity index (χ2v) is 7.78. The molecule has 0 aromatic carbocycles. The molecular formula is C13H19F3N4O2S. The van der Waals surface area contributed by atoms with Crippen LogP contribution >= 0.6 is 0 Å². The summed E-state index contributed by atoms with van der Waals surface area (Å²) in [6.07, 6.45) is -2.37. The highest BCUT2D eigenvalue weighted by Gasteiger charge is 2.32. The highest BCUT2D eigenvalue weighted by atomic mass is 32.2. The van der Waals surface area contributed by atoms with Gasteiger partial charge in [-0.3, -0.25) is 4.98 Å². The lowest BCUT2D eigenvalue weighted by Crippen LogP contribution is -2.17. The van der Waals surface area contributed by atoms with E-state index >= 15 is 0 Å². The van der Waals surface area contributed by atoms with Gasteiger partial charge in [-0.1, -0.05) is 6.07 Å². The van der Waals surface area contributed by atoms with Crippen LogP contribution in [0.2, 0.25) is 0 Å². The summed E-state index contributed by atoms with van der Waals surface area (Å²) in [4.78, 5) is 8.24. The molecule has 0 saturated carbocycles. The summed E-state index contributed by atoms with van der Waals surface area (Å²) >= 11 is 0. The average Bonchev–Trinajstić information content (AvgIpc) is 2.43. The van der Waals surface area contributed by atoms with Crippen LogP contribution < -0.4 is 5.73 Å². The molecule has 2 unspecified atom stereocenters. The second-order valence-electron chi connectivity index (χ2n) is 5.17. The SMILES string of the molecule is CC(C)O/N=C(\N)N=S(C)(=O)C(C)c1ccc(C(F)(F)F)nc1. The molecule has 0 aliphatic heterocycles. The van der Waals surface area contributed by atoms with Gasteiger partial charge in [-0.15, -0.1) is 0 Å². The maximum Gasteiger partial charge on any atom is 0.433 e. The number of oxime groups is 1. The molecule has 1 heterocycles. The van der Waals surface area contributed by atoms with E-state index in [0.717, 1.165) is 12.3 Å². The van der Waals surface area contributed by atoms with Crippen molar-refractivity contribution in [1.82, 2.24) is 4.98 Å². The summed E-state index contributed by atoms with van der Waals surface area (Å²) < 4.78 is 53.9. The fourth-order valence-corrected chi connectivity index (χ4v) is 2.71. The second kappa shape index (κ2) is 7.16. The number of halogens is 3. The van der Waals surface area contributed by atoms with Gasteiger partial charge >= 0.3 is 6.18 Å². The molecule has 2 atom stereocenters. The van der Waals surface area contributed by atoms with Gasteiger partial charge < -0.3 is 10.6 Å². The number of nitrogens with zero attached hydrogens (tertiary/aromatic N) is 3. The first-order chi connectivity index (χ1) is 10.4. The van der Waals surface area contributed by atoms with E-state index in [1.807, 2.05) is 0 Å². The van der Waals surface area contributed by atoms with Crippen LogP contribution in [0.25, 0.3) is 0 Å². The summed E-state index contributed by atoms with van der Waals surface area (Å²) in [6, 6.07) is 2.05. The monoisotopic (exact) mass is 352 g/mol. The maximum absolute atomic E-state index is 12.6. The predicted molar refractivity (Wildman–Crippen MR) is 82.0 cm³/mol. The first-order valence-electron chi connectivity index (χ1n) is 6.67. The molecule has 130 valence electrons. The molecule has 0 radical (unpaired) electrons. The van der Waals surface area contributed by atoms with Crippen LogP contribution in [0.1, 0.15) is 37.3 Å². The van der Waals surface area contributed by atoms with Crippen molar-refractivity contribution in [3.05, 3.63) is 29.6 Å².